The summed E-state index contributed by atoms with van der Waals surface area (Å²) < 4.78 is 0. The van der Waals surface area contributed by atoms with Gasteiger partial charge in [-0.3, -0.25) is 0 Å². The van der Waals surface area contributed by atoms with Crippen molar-refractivity contribution < 1.29 is 0 Å². The first-order valence-corrected chi connectivity index (χ1v) is 4.10. The molecule has 2 rings (SSSR count). The fourth-order valence-corrected chi connectivity index (χ4v) is 1.22. The summed E-state index contributed by atoms with van der Waals surface area (Å²) in [6.07, 6.45) is 2.22. The molecule has 0 amide bonds. The van der Waals surface area contributed by atoms with E-state index in [0.29, 0.717) is 17.8 Å². The lowest BCUT2D eigenvalue weighted by Gasteiger charge is -2.07. The van der Waals surface area contributed by atoms with Gasteiger partial charge in [-0.05, 0) is 0 Å². The van der Waals surface area contributed by atoms with Crippen molar-refractivity contribution in [3.8, 4) is 0 Å². The van der Waals surface area contributed by atoms with Crippen LogP contribution in [0.3, 0.4) is 0 Å². The predicted molar refractivity (Wildman–Crippen MR) is 61.1 cm³/mol. The molecule has 3 nitrogen and oxygen atoms in total. The Bertz CT molecular complexity index is 382. The van der Waals surface area contributed by atoms with E-state index in [1.807, 2.05) is 30.3 Å². The summed E-state index contributed by atoms with van der Waals surface area (Å²) in [6.45, 7) is 0. The Labute approximate surface area is 88.5 Å². The lowest BCUT2D eigenvalue weighted by atomic mass is 10.0. The first-order valence-electron chi connectivity index (χ1n) is 4.10. The highest BCUT2D eigenvalue weighted by molar-refractivity contribution is 6.49. The fraction of sp³-hybridized carbons (Fsp3) is 0.100. The molecule has 1 heterocycles. The van der Waals surface area contributed by atoms with Crippen LogP contribution in [0.25, 0.3) is 0 Å². The van der Waals surface area contributed by atoms with E-state index < -0.39 is 0 Å². The second-order valence-electron chi connectivity index (χ2n) is 2.80. The van der Waals surface area contributed by atoms with E-state index >= 15 is 0 Å². The third kappa shape index (κ3) is 2.06. The second-order valence-corrected chi connectivity index (χ2v) is 2.80. The van der Waals surface area contributed by atoms with E-state index in [1.54, 1.807) is 6.21 Å². The molecular formula is C10H10ClN3. The molecule has 0 radical (unpaired) electrons. The zero-order valence-corrected chi connectivity index (χ0v) is 8.29. The largest absolute Gasteiger partial charge is 0.303 e. The first kappa shape index (κ1) is 10.6. The Hall–Kier alpha value is -1.48. The molecule has 14 heavy (non-hydrogen) atoms. The van der Waals surface area contributed by atoms with Crippen LogP contribution < -0.4 is 0 Å². The van der Waals surface area contributed by atoms with Crippen molar-refractivity contribution in [3.63, 3.8) is 0 Å². The highest BCUT2D eigenvalue weighted by atomic mass is 35.5. The monoisotopic (exact) mass is 207 g/mol. The van der Waals surface area contributed by atoms with Crippen LogP contribution in [0, 0.1) is 5.41 Å². The molecule has 4 heteroatoms. The Kier molecular flexibility index (Phi) is 3.54. The van der Waals surface area contributed by atoms with Crippen LogP contribution >= 0.6 is 12.4 Å². The van der Waals surface area contributed by atoms with Crippen molar-refractivity contribution in [1.82, 2.24) is 0 Å². The summed E-state index contributed by atoms with van der Waals surface area (Å²) in [6, 6.07) is 9.69. The van der Waals surface area contributed by atoms with Gasteiger partial charge in [0, 0.05) is 18.2 Å². The Morgan fingerprint density at radius 1 is 1.14 bits per heavy atom. The van der Waals surface area contributed by atoms with Gasteiger partial charge in [0.1, 0.15) is 5.71 Å². The summed E-state index contributed by atoms with van der Waals surface area (Å²) in [4.78, 5) is 0. The number of nitrogens with one attached hydrogen (secondary N) is 1. The summed E-state index contributed by atoms with van der Waals surface area (Å²) in [5.41, 5.74) is 2.17. The van der Waals surface area contributed by atoms with Gasteiger partial charge in [0.2, 0.25) is 0 Å². The first-order chi connectivity index (χ1) is 6.38. The molecule has 1 aliphatic heterocycles. The van der Waals surface area contributed by atoms with Gasteiger partial charge in [-0.1, -0.05) is 30.3 Å². The van der Waals surface area contributed by atoms with Crippen molar-refractivity contribution in [2.24, 2.45) is 10.2 Å². The molecule has 0 saturated heterocycles. The highest BCUT2D eigenvalue weighted by Crippen LogP contribution is 2.06. The lowest BCUT2D eigenvalue weighted by molar-refractivity contribution is 1.21. The van der Waals surface area contributed by atoms with Crippen LogP contribution in [0.5, 0.6) is 0 Å². The molecule has 1 aromatic carbocycles. The smallest absolute Gasteiger partial charge is 0.114 e. The maximum Gasteiger partial charge on any atom is 0.114 e. The molecule has 72 valence electrons. The summed E-state index contributed by atoms with van der Waals surface area (Å²) >= 11 is 0. The third-order valence-corrected chi connectivity index (χ3v) is 1.87. The van der Waals surface area contributed by atoms with Gasteiger partial charge in [0.05, 0.1) is 5.71 Å². The van der Waals surface area contributed by atoms with E-state index in [2.05, 4.69) is 10.2 Å². The minimum Gasteiger partial charge on any atom is -0.303 e. The van der Waals surface area contributed by atoms with Crippen LogP contribution in [-0.4, -0.2) is 17.6 Å². The van der Waals surface area contributed by atoms with Gasteiger partial charge in [0.25, 0.3) is 0 Å². The summed E-state index contributed by atoms with van der Waals surface area (Å²) in [5, 5.41) is 15.4. The number of halogens is 1. The Morgan fingerprint density at radius 2 is 1.86 bits per heavy atom. The average molecular weight is 208 g/mol. The molecule has 0 saturated carbocycles. The average Bonchev–Trinajstić information content (AvgIpc) is 2.20. The third-order valence-electron chi connectivity index (χ3n) is 1.87. The van der Waals surface area contributed by atoms with Crippen molar-refractivity contribution in [2.75, 3.05) is 0 Å². The number of benzene rings is 1. The van der Waals surface area contributed by atoms with Gasteiger partial charge in [-0.25, -0.2) is 0 Å². The van der Waals surface area contributed by atoms with Crippen LogP contribution in [0.2, 0.25) is 0 Å². The van der Waals surface area contributed by atoms with Gasteiger partial charge >= 0.3 is 0 Å². The maximum absolute atomic E-state index is 7.66. The molecule has 1 aliphatic rings. The lowest BCUT2D eigenvalue weighted by Crippen LogP contribution is -2.17. The van der Waals surface area contributed by atoms with Crippen LogP contribution in [-0.2, 0) is 0 Å². The SMILES string of the molecule is Cl.N=C1CC=NN=C1c1ccccc1. The van der Waals surface area contributed by atoms with E-state index in [0.717, 1.165) is 5.56 Å². The molecule has 0 aliphatic carbocycles. The minimum absolute atomic E-state index is 0. The maximum atomic E-state index is 7.66. The topological polar surface area (TPSA) is 48.6 Å². The van der Waals surface area contributed by atoms with Crippen molar-refractivity contribution in [2.45, 2.75) is 6.42 Å². The van der Waals surface area contributed by atoms with Crippen LogP contribution in [0.1, 0.15) is 12.0 Å². The number of hydrogen-bond acceptors (Lipinski definition) is 3. The van der Waals surface area contributed by atoms with E-state index in [9.17, 15) is 0 Å². The molecule has 0 bridgehead atoms. The Balaban J connectivity index is 0.000000980. The second kappa shape index (κ2) is 4.67. The van der Waals surface area contributed by atoms with Crippen molar-refractivity contribution in [1.29, 1.82) is 5.41 Å². The van der Waals surface area contributed by atoms with Gasteiger partial charge in [0.15, 0.2) is 0 Å². The van der Waals surface area contributed by atoms with Crippen LogP contribution in [0.15, 0.2) is 40.5 Å². The molecule has 1 N–H and O–H groups in total. The zero-order chi connectivity index (χ0) is 9.10. The van der Waals surface area contributed by atoms with E-state index in [4.69, 9.17) is 5.41 Å². The van der Waals surface area contributed by atoms with Crippen LogP contribution in [0.4, 0.5) is 0 Å². The van der Waals surface area contributed by atoms with Gasteiger partial charge < -0.3 is 5.41 Å². The normalized spacial score (nSPS) is 14.6. The summed E-state index contributed by atoms with van der Waals surface area (Å²) in [7, 11) is 0. The highest BCUT2D eigenvalue weighted by Gasteiger charge is 2.11. The molecule has 0 fully saturated rings. The molecule has 0 aromatic heterocycles. The number of nitrogens with zero attached hydrogens (tertiary/aromatic N) is 2. The van der Waals surface area contributed by atoms with Crippen molar-refractivity contribution in [3.05, 3.63) is 35.9 Å². The molecule has 0 unspecified atom stereocenters. The molecule has 1 aromatic rings. The molecular weight excluding hydrogens is 198 g/mol. The van der Waals surface area contributed by atoms with Gasteiger partial charge in [-0.15, -0.1) is 17.5 Å². The summed E-state index contributed by atoms with van der Waals surface area (Å²) in [5.74, 6) is 0. The molecule has 0 atom stereocenters. The quantitative estimate of drug-likeness (QED) is 0.735. The zero-order valence-electron chi connectivity index (χ0n) is 7.47. The number of rotatable bonds is 1. The predicted octanol–water partition coefficient (Wildman–Crippen LogP) is 2.31. The van der Waals surface area contributed by atoms with E-state index in [1.165, 1.54) is 0 Å². The van der Waals surface area contributed by atoms with E-state index in [-0.39, 0.29) is 12.4 Å². The fourth-order valence-electron chi connectivity index (χ4n) is 1.22. The Morgan fingerprint density at radius 3 is 2.50 bits per heavy atom. The molecule has 0 spiro atoms. The standard InChI is InChI=1S/C10H9N3.ClH/c11-9-6-7-12-13-10(9)8-4-2-1-3-5-8;/h1-5,7,11H,6H2;1H. The van der Waals surface area contributed by atoms with Crippen molar-refractivity contribution >= 4 is 30.0 Å². The minimum atomic E-state index is 0. The van der Waals surface area contributed by atoms with Gasteiger partial charge in [-0.2, -0.15) is 5.10 Å². The number of hydrogen-bond donors (Lipinski definition) is 1.